The van der Waals surface area contributed by atoms with E-state index in [0.29, 0.717) is 17.0 Å². The third-order valence-electron chi connectivity index (χ3n) is 2.93. The summed E-state index contributed by atoms with van der Waals surface area (Å²) >= 11 is 0. The number of nitrogens with one attached hydrogen (secondary N) is 1. The summed E-state index contributed by atoms with van der Waals surface area (Å²) in [6.45, 7) is 0. The topological polar surface area (TPSA) is 72.5 Å². The van der Waals surface area contributed by atoms with E-state index >= 15 is 0 Å². The van der Waals surface area contributed by atoms with Crippen LogP contribution in [0.2, 0.25) is 0 Å². The zero-order valence-electron chi connectivity index (χ0n) is 12.2. The minimum atomic E-state index is -3.51. The fraction of sp³-hybridized carbons (Fsp3) is 0.188. The van der Waals surface area contributed by atoms with Crippen LogP contribution >= 0.6 is 0 Å². The van der Waals surface area contributed by atoms with Gasteiger partial charge in [-0.2, -0.15) is 0 Å². The Morgan fingerprint density at radius 3 is 2.50 bits per heavy atom. The Bertz CT molecular complexity index is 742. The molecule has 1 amide bonds. The second kappa shape index (κ2) is 7.09. The molecule has 0 spiro atoms. The minimum absolute atomic E-state index is 0.153. The molecule has 2 aromatic carbocycles. The van der Waals surface area contributed by atoms with Crippen molar-refractivity contribution in [3.63, 3.8) is 0 Å². The predicted octanol–water partition coefficient (Wildman–Crippen LogP) is 2.25. The van der Waals surface area contributed by atoms with E-state index in [1.165, 1.54) is 7.11 Å². The van der Waals surface area contributed by atoms with Crippen molar-refractivity contribution in [3.8, 4) is 5.75 Å². The van der Waals surface area contributed by atoms with Crippen LogP contribution in [-0.2, 0) is 20.4 Å². The number of hydrogen-bond acceptors (Lipinski definition) is 4. The summed E-state index contributed by atoms with van der Waals surface area (Å²) in [5, 5.41) is 2.56. The predicted molar refractivity (Wildman–Crippen MR) is 85.6 cm³/mol. The molecule has 116 valence electrons. The first-order valence-electron chi connectivity index (χ1n) is 6.67. The summed E-state index contributed by atoms with van der Waals surface area (Å²) in [4.78, 5) is 11.9. The first-order chi connectivity index (χ1) is 10.5. The molecular formula is C16H17NO4S. The Kier molecular flexibility index (Phi) is 5.16. The summed E-state index contributed by atoms with van der Waals surface area (Å²) < 4.78 is 29.1. The Balaban J connectivity index is 1.98. The van der Waals surface area contributed by atoms with Crippen molar-refractivity contribution in [3.05, 3.63) is 60.2 Å². The zero-order valence-corrected chi connectivity index (χ0v) is 13.0. The van der Waals surface area contributed by atoms with Crippen LogP contribution in [0.15, 0.2) is 54.6 Å². The Hall–Kier alpha value is -2.34. The third kappa shape index (κ3) is 4.89. The summed E-state index contributed by atoms with van der Waals surface area (Å²) in [5.74, 6) is -0.688. The van der Waals surface area contributed by atoms with E-state index in [0.717, 1.165) is 0 Å². The van der Waals surface area contributed by atoms with Gasteiger partial charge in [-0.3, -0.25) is 4.79 Å². The zero-order chi connectivity index (χ0) is 16.0. The van der Waals surface area contributed by atoms with Crippen LogP contribution in [0.5, 0.6) is 5.75 Å². The molecule has 0 bridgehead atoms. The summed E-state index contributed by atoms with van der Waals surface area (Å²) in [6, 6.07) is 15.5. The molecule has 0 aliphatic carbocycles. The molecule has 0 aliphatic rings. The molecule has 2 aromatic rings. The number of carbonyl (C=O) groups is 1. The molecule has 0 aromatic heterocycles. The highest BCUT2D eigenvalue weighted by molar-refractivity contribution is 7.91. The summed E-state index contributed by atoms with van der Waals surface area (Å²) in [7, 11) is -1.99. The molecule has 0 radical (unpaired) electrons. The molecule has 2 rings (SSSR count). The molecule has 6 heteroatoms. The number of amides is 1. The normalized spacial score (nSPS) is 11.0. The van der Waals surface area contributed by atoms with Gasteiger partial charge in [0.05, 0.1) is 12.9 Å². The summed E-state index contributed by atoms with van der Waals surface area (Å²) in [5.41, 5.74) is 1.16. The molecule has 0 saturated heterocycles. The van der Waals surface area contributed by atoms with Gasteiger partial charge in [-0.05, 0) is 17.7 Å². The number of hydrogen-bond donors (Lipinski definition) is 1. The molecule has 0 aliphatic heterocycles. The molecule has 5 nitrogen and oxygen atoms in total. The standard InChI is InChI=1S/C16H17NO4S/c1-21-15-9-5-8-14(10-15)17-16(18)12-22(19,20)11-13-6-3-2-4-7-13/h2-10H,11-12H2,1H3,(H,17,18). The number of methoxy groups -OCH3 is 1. The molecule has 0 atom stereocenters. The Morgan fingerprint density at radius 1 is 1.09 bits per heavy atom. The van der Waals surface area contributed by atoms with Gasteiger partial charge in [0.1, 0.15) is 11.5 Å². The van der Waals surface area contributed by atoms with Gasteiger partial charge in [-0.15, -0.1) is 0 Å². The van der Waals surface area contributed by atoms with E-state index < -0.39 is 21.5 Å². The maximum atomic E-state index is 12.0. The van der Waals surface area contributed by atoms with Crippen LogP contribution in [0.3, 0.4) is 0 Å². The highest BCUT2D eigenvalue weighted by atomic mass is 32.2. The van der Waals surface area contributed by atoms with E-state index in [2.05, 4.69) is 5.32 Å². The van der Waals surface area contributed by atoms with E-state index in [1.54, 1.807) is 48.5 Å². The van der Waals surface area contributed by atoms with E-state index in [4.69, 9.17) is 4.74 Å². The molecule has 1 N–H and O–H groups in total. The van der Waals surface area contributed by atoms with Gasteiger partial charge in [0.25, 0.3) is 0 Å². The van der Waals surface area contributed by atoms with Gasteiger partial charge < -0.3 is 10.1 Å². The molecule has 0 saturated carbocycles. The SMILES string of the molecule is COc1cccc(NC(=O)CS(=O)(=O)Cc2ccccc2)c1. The smallest absolute Gasteiger partial charge is 0.239 e. The van der Waals surface area contributed by atoms with E-state index in [9.17, 15) is 13.2 Å². The fourth-order valence-corrected chi connectivity index (χ4v) is 3.25. The van der Waals surface area contributed by atoms with Crippen molar-refractivity contribution in [1.29, 1.82) is 0 Å². The van der Waals surface area contributed by atoms with Crippen LogP contribution < -0.4 is 10.1 Å². The Morgan fingerprint density at radius 2 is 1.82 bits per heavy atom. The van der Waals surface area contributed by atoms with Crippen LogP contribution in [0.4, 0.5) is 5.69 Å². The van der Waals surface area contributed by atoms with Crippen LogP contribution in [0.25, 0.3) is 0 Å². The van der Waals surface area contributed by atoms with Crippen molar-refractivity contribution < 1.29 is 17.9 Å². The maximum absolute atomic E-state index is 12.0. The van der Waals surface area contributed by atoms with Crippen LogP contribution in [-0.4, -0.2) is 27.2 Å². The van der Waals surface area contributed by atoms with Gasteiger partial charge in [0.2, 0.25) is 5.91 Å². The second-order valence-corrected chi connectivity index (χ2v) is 6.86. The first-order valence-corrected chi connectivity index (χ1v) is 8.49. The van der Waals surface area contributed by atoms with Crippen molar-refractivity contribution in [2.24, 2.45) is 0 Å². The van der Waals surface area contributed by atoms with Gasteiger partial charge in [0, 0.05) is 11.8 Å². The van der Waals surface area contributed by atoms with Gasteiger partial charge in [-0.1, -0.05) is 36.4 Å². The summed E-state index contributed by atoms with van der Waals surface area (Å²) in [6.07, 6.45) is 0. The largest absolute Gasteiger partial charge is 0.497 e. The van der Waals surface area contributed by atoms with Gasteiger partial charge >= 0.3 is 0 Å². The molecule has 0 fully saturated rings. The van der Waals surface area contributed by atoms with Gasteiger partial charge in [0.15, 0.2) is 9.84 Å². The molecule has 0 heterocycles. The lowest BCUT2D eigenvalue weighted by Crippen LogP contribution is -2.23. The monoisotopic (exact) mass is 319 g/mol. The first kappa shape index (κ1) is 16.0. The van der Waals surface area contributed by atoms with Crippen molar-refractivity contribution >= 4 is 21.4 Å². The second-order valence-electron chi connectivity index (χ2n) is 4.80. The van der Waals surface area contributed by atoms with E-state index in [1.807, 2.05) is 6.07 Å². The highest BCUT2D eigenvalue weighted by Gasteiger charge is 2.17. The maximum Gasteiger partial charge on any atom is 0.239 e. The van der Waals surface area contributed by atoms with Crippen LogP contribution in [0, 0.1) is 0 Å². The number of carbonyl (C=O) groups excluding carboxylic acids is 1. The van der Waals surface area contributed by atoms with Crippen molar-refractivity contribution in [1.82, 2.24) is 0 Å². The number of ether oxygens (including phenoxy) is 1. The van der Waals surface area contributed by atoms with Crippen LogP contribution in [0.1, 0.15) is 5.56 Å². The average molecular weight is 319 g/mol. The number of rotatable bonds is 6. The van der Waals surface area contributed by atoms with Crippen molar-refractivity contribution in [2.75, 3.05) is 18.2 Å². The fourth-order valence-electron chi connectivity index (χ4n) is 1.98. The Labute approximate surface area is 129 Å². The number of anilines is 1. The molecule has 0 unspecified atom stereocenters. The minimum Gasteiger partial charge on any atom is -0.497 e. The lowest BCUT2D eigenvalue weighted by Gasteiger charge is -2.08. The molecular weight excluding hydrogens is 302 g/mol. The quantitative estimate of drug-likeness (QED) is 0.886. The number of sulfone groups is 1. The average Bonchev–Trinajstić information content (AvgIpc) is 2.47. The third-order valence-corrected chi connectivity index (χ3v) is 4.41. The van der Waals surface area contributed by atoms with E-state index in [-0.39, 0.29) is 5.75 Å². The highest BCUT2D eigenvalue weighted by Crippen LogP contribution is 2.16. The lowest BCUT2D eigenvalue weighted by molar-refractivity contribution is -0.113. The molecule has 22 heavy (non-hydrogen) atoms. The van der Waals surface area contributed by atoms with Gasteiger partial charge in [-0.25, -0.2) is 8.42 Å². The number of benzene rings is 2. The lowest BCUT2D eigenvalue weighted by atomic mass is 10.2. The van der Waals surface area contributed by atoms with Crippen molar-refractivity contribution in [2.45, 2.75) is 5.75 Å².